The van der Waals surface area contributed by atoms with E-state index < -0.39 is 0 Å². The number of ether oxygens (including phenoxy) is 1. The summed E-state index contributed by atoms with van der Waals surface area (Å²) in [6.07, 6.45) is 0. The van der Waals surface area contributed by atoms with Crippen LogP contribution in [0.5, 0.6) is 0 Å². The first-order valence-electron chi connectivity index (χ1n) is 4.87. The quantitative estimate of drug-likeness (QED) is 0.807. The monoisotopic (exact) mass is 208 g/mol. The third kappa shape index (κ3) is 3.67. The van der Waals surface area contributed by atoms with E-state index in [-0.39, 0.29) is 11.9 Å². The van der Waals surface area contributed by atoms with Crippen LogP contribution in [0.1, 0.15) is 23.1 Å². The normalized spacial score (nSPS) is 12.2. The topological polar surface area (TPSA) is 51.2 Å². The van der Waals surface area contributed by atoms with Gasteiger partial charge >= 0.3 is 0 Å². The number of rotatable bonds is 4. The van der Waals surface area contributed by atoms with E-state index in [0.717, 1.165) is 5.69 Å². The molecule has 82 valence electrons. The zero-order valence-corrected chi connectivity index (χ0v) is 9.28. The molecule has 0 aliphatic rings. The molecule has 0 aliphatic carbocycles. The third-order valence-electron chi connectivity index (χ3n) is 1.92. The Kier molecular flexibility index (Phi) is 4.24. The molecule has 0 saturated heterocycles. The van der Waals surface area contributed by atoms with Crippen LogP contribution >= 0.6 is 0 Å². The number of hydrogen-bond donors (Lipinski definition) is 1. The summed E-state index contributed by atoms with van der Waals surface area (Å²) in [5, 5.41) is 2.80. The number of pyridine rings is 1. The standard InChI is InChI=1S/C11H16N2O2/c1-8-5-4-6-10(12-8)11(14)13-9(2)7-15-3/h4-6,9H,7H2,1-3H3,(H,13,14)/t9-/m0/s1. The Morgan fingerprint density at radius 3 is 2.93 bits per heavy atom. The number of aryl methyl sites for hydroxylation is 1. The summed E-state index contributed by atoms with van der Waals surface area (Å²) in [5.41, 5.74) is 1.28. The van der Waals surface area contributed by atoms with E-state index in [2.05, 4.69) is 10.3 Å². The number of carbonyl (C=O) groups is 1. The molecule has 0 unspecified atom stereocenters. The molecule has 0 fully saturated rings. The van der Waals surface area contributed by atoms with Crippen LogP contribution in [-0.4, -0.2) is 30.6 Å². The maximum absolute atomic E-state index is 11.7. The minimum atomic E-state index is -0.164. The second-order valence-electron chi connectivity index (χ2n) is 3.49. The van der Waals surface area contributed by atoms with Crippen molar-refractivity contribution in [2.45, 2.75) is 19.9 Å². The van der Waals surface area contributed by atoms with Crippen molar-refractivity contribution in [2.75, 3.05) is 13.7 Å². The SMILES string of the molecule is COC[C@H](C)NC(=O)c1cccc(C)n1. The maximum atomic E-state index is 11.7. The molecule has 1 heterocycles. The number of hydrogen-bond acceptors (Lipinski definition) is 3. The van der Waals surface area contributed by atoms with E-state index in [0.29, 0.717) is 12.3 Å². The van der Waals surface area contributed by atoms with Gasteiger partial charge < -0.3 is 10.1 Å². The number of methoxy groups -OCH3 is 1. The lowest BCUT2D eigenvalue weighted by molar-refractivity contribution is 0.0900. The van der Waals surface area contributed by atoms with Gasteiger partial charge in [-0.25, -0.2) is 4.98 Å². The van der Waals surface area contributed by atoms with E-state index in [1.54, 1.807) is 13.2 Å². The van der Waals surface area contributed by atoms with Crippen molar-refractivity contribution < 1.29 is 9.53 Å². The van der Waals surface area contributed by atoms with E-state index in [9.17, 15) is 4.79 Å². The maximum Gasteiger partial charge on any atom is 0.270 e. The third-order valence-corrected chi connectivity index (χ3v) is 1.92. The minimum absolute atomic E-state index is 0.00943. The molecule has 1 aromatic heterocycles. The molecular weight excluding hydrogens is 192 g/mol. The second kappa shape index (κ2) is 5.46. The number of amides is 1. The Balaban J connectivity index is 2.61. The number of carbonyl (C=O) groups excluding carboxylic acids is 1. The molecular formula is C11H16N2O2. The van der Waals surface area contributed by atoms with Crippen molar-refractivity contribution in [1.82, 2.24) is 10.3 Å². The molecule has 0 aliphatic heterocycles. The summed E-state index contributed by atoms with van der Waals surface area (Å²) in [7, 11) is 1.60. The summed E-state index contributed by atoms with van der Waals surface area (Å²) < 4.78 is 4.93. The van der Waals surface area contributed by atoms with Gasteiger partial charge in [0.15, 0.2) is 0 Å². The first-order chi connectivity index (χ1) is 7.13. The van der Waals surface area contributed by atoms with Gasteiger partial charge in [0.1, 0.15) is 5.69 Å². The number of nitrogens with zero attached hydrogens (tertiary/aromatic N) is 1. The van der Waals surface area contributed by atoms with Gasteiger partial charge in [-0.1, -0.05) is 6.07 Å². The van der Waals surface area contributed by atoms with Crippen LogP contribution in [0.25, 0.3) is 0 Å². The van der Waals surface area contributed by atoms with Gasteiger partial charge in [-0.3, -0.25) is 4.79 Å². The highest BCUT2D eigenvalue weighted by Gasteiger charge is 2.10. The molecule has 1 rings (SSSR count). The fraction of sp³-hybridized carbons (Fsp3) is 0.455. The highest BCUT2D eigenvalue weighted by atomic mass is 16.5. The summed E-state index contributed by atoms with van der Waals surface area (Å²) >= 11 is 0. The van der Waals surface area contributed by atoms with Crippen molar-refractivity contribution in [3.8, 4) is 0 Å². The number of nitrogens with one attached hydrogen (secondary N) is 1. The van der Waals surface area contributed by atoms with Crippen LogP contribution in [0.15, 0.2) is 18.2 Å². The van der Waals surface area contributed by atoms with Crippen LogP contribution in [0.2, 0.25) is 0 Å². The van der Waals surface area contributed by atoms with Crippen LogP contribution in [-0.2, 0) is 4.74 Å². The predicted molar refractivity (Wildman–Crippen MR) is 57.8 cm³/mol. The molecule has 0 radical (unpaired) electrons. The van der Waals surface area contributed by atoms with Crippen molar-refractivity contribution >= 4 is 5.91 Å². The van der Waals surface area contributed by atoms with Crippen molar-refractivity contribution in [2.24, 2.45) is 0 Å². The van der Waals surface area contributed by atoms with E-state index in [4.69, 9.17) is 4.74 Å². The minimum Gasteiger partial charge on any atom is -0.383 e. The molecule has 0 spiro atoms. The summed E-state index contributed by atoms with van der Waals surface area (Å²) in [4.78, 5) is 15.8. The van der Waals surface area contributed by atoms with Crippen molar-refractivity contribution in [1.29, 1.82) is 0 Å². The fourth-order valence-electron chi connectivity index (χ4n) is 1.26. The lowest BCUT2D eigenvalue weighted by Crippen LogP contribution is -2.36. The molecule has 4 nitrogen and oxygen atoms in total. The Bertz CT molecular complexity index is 339. The summed E-state index contributed by atoms with van der Waals surface area (Å²) in [6.45, 7) is 4.24. The average Bonchev–Trinajstić information content (AvgIpc) is 2.18. The van der Waals surface area contributed by atoms with Crippen molar-refractivity contribution in [3.05, 3.63) is 29.6 Å². The predicted octanol–water partition coefficient (Wildman–Crippen LogP) is 1.15. The zero-order chi connectivity index (χ0) is 11.3. The van der Waals surface area contributed by atoms with Crippen LogP contribution < -0.4 is 5.32 Å². The van der Waals surface area contributed by atoms with Gasteiger partial charge in [-0.2, -0.15) is 0 Å². The molecule has 0 bridgehead atoms. The lowest BCUT2D eigenvalue weighted by atomic mass is 10.3. The average molecular weight is 208 g/mol. The van der Waals surface area contributed by atoms with Gasteiger partial charge in [0.25, 0.3) is 5.91 Å². The van der Waals surface area contributed by atoms with Gasteiger partial charge in [-0.05, 0) is 26.0 Å². The lowest BCUT2D eigenvalue weighted by Gasteiger charge is -2.12. The Morgan fingerprint density at radius 1 is 1.60 bits per heavy atom. The highest BCUT2D eigenvalue weighted by molar-refractivity contribution is 5.92. The van der Waals surface area contributed by atoms with Crippen LogP contribution in [0.4, 0.5) is 0 Å². The molecule has 4 heteroatoms. The fourth-order valence-corrected chi connectivity index (χ4v) is 1.26. The first kappa shape index (κ1) is 11.7. The van der Waals surface area contributed by atoms with E-state index in [1.807, 2.05) is 26.0 Å². The van der Waals surface area contributed by atoms with Crippen LogP contribution in [0, 0.1) is 6.92 Å². The molecule has 1 N–H and O–H groups in total. The van der Waals surface area contributed by atoms with Crippen LogP contribution in [0.3, 0.4) is 0 Å². The molecule has 0 aromatic carbocycles. The van der Waals surface area contributed by atoms with Gasteiger partial charge in [0, 0.05) is 18.8 Å². The smallest absolute Gasteiger partial charge is 0.270 e. The molecule has 1 amide bonds. The number of aromatic nitrogens is 1. The molecule has 0 saturated carbocycles. The molecule has 1 atom stereocenters. The first-order valence-corrected chi connectivity index (χ1v) is 4.87. The van der Waals surface area contributed by atoms with E-state index >= 15 is 0 Å². The Morgan fingerprint density at radius 2 is 2.33 bits per heavy atom. The molecule has 15 heavy (non-hydrogen) atoms. The van der Waals surface area contributed by atoms with Gasteiger partial charge in [0.2, 0.25) is 0 Å². The highest BCUT2D eigenvalue weighted by Crippen LogP contribution is 1.98. The van der Waals surface area contributed by atoms with Gasteiger partial charge in [0.05, 0.1) is 6.61 Å². The van der Waals surface area contributed by atoms with Crippen molar-refractivity contribution in [3.63, 3.8) is 0 Å². The molecule has 1 aromatic rings. The zero-order valence-electron chi connectivity index (χ0n) is 9.28. The summed E-state index contributed by atoms with van der Waals surface area (Å²) in [6, 6.07) is 5.36. The second-order valence-corrected chi connectivity index (χ2v) is 3.49. The Labute approximate surface area is 89.7 Å². The van der Waals surface area contributed by atoms with Gasteiger partial charge in [-0.15, -0.1) is 0 Å². The largest absolute Gasteiger partial charge is 0.383 e. The van der Waals surface area contributed by atoms with E-state index in [1.165, 1.54) is 0 Å². The summed E-state index contributed by atoms with van der Waals surface area (Å²) in [5.74, 6) is -0.164. The Hall–Kier alpha value is -1.42.